The molecule has 1 unspecified atom stereocenters. The first-order valence-corrected chi connectivity index (χ1v) is 6.79. The fourth-order valence-corrected chi connectivity index (χ4v) is 2.48. The third-order valence-corrected chi connectivity index (χ3v) is 3.48. The summed E-state index contributed by atoms with van der Waals surface area (Å²) in [5.74, 6) is 0.684. The van der Waals surface area contributed by atoms with Crippen molar-refractivity contribution in [3.8, 4) is 0 Å². The van der Waals surface area contributed by atoms with Gasteiger partial charge in [-0.3, -0.25) is 0 Å². The number of unbranched alkanes of at least 4 members (excludes halogenated alkanes) is 1. The van der Waals surface area contributed by atoms with E-state index in [-0.39, 0.29) is 0 Å². The Bertz CT molecular complexity index is 384. The van der Waals surface area contributed by atoms with Crippen molar-refractivity contribution in [2.45, 2.75) is 39.0 Å². The second kappa shape index (κ2) is 6.44. The van der Waals surface area contributed by atoms with Crippen LogP contribution in [0, 0.1) is 5.92 Å². The minimum Gasteiger partial charge on any atom is -0.0841 e. The molecule has 1 aliphatic rings. The average molecular weight is 226 g/mol. The molecule has 1 atom stereocenters. The minimum atomic E-state index is 0.684. The van der Waals surface area contributed by atoms with Crippen LogP contribution in [0.15, 0.2) is 54.1 Å². The van der Waals surface area contributed by atoms with Gasteiger partial charge in [-0.15, -0.1) is 0 Å². The van der Waals surface area contributed by atoms with Crippen LogP contribution in [0.3, 0.4) is 0 Å². The van der Waals surface area contributed by atoms with Gasteiger partial charge in [0.25, 0.3) is 0 Å². The van der Waals surface area contributed by atoms with E-state index < -0.39 is 0 Å². The van der Waals surface area contributed by atoms with E-state index >= 15 is 0 Å². The van der Waals surface area contributed by atoms with Crippen LogP contribution in [-0.4, -0.2) is 0 Å². The lowest BCUT2D eigenvalue weighted by Gasteiger charge is -2.20. The highest BCUT2D eigenvalue weighted by Gasteiger charge is 2.13. The summed E-state index contributed by atoms with van der Waals surface area (Å²) in [5, 5.41) is 0. The molecule has 1 aromatic rings. The van der Waals surface area contributed by atoms with Crippen LogP contribution in [-0.2, 0) is 6.42 Å². The lowest BCUT2D eigenvalue weighted by Crippen LogP contribution is -2.07. The van der Waals surface area contributed by atoms with Gasteiger partial charge in [0, 0.05) is 0 Å². The predicted molar refractivity (Wildman–Crippen MR) is 75.0 cm³/mol. The van der Waals surface area contributed by atoms with Gasteiger partial charge in [0.2, 0.25) is 0 Å². The Labute approximate surface area is 105 Å². The van der Waals surface area contributed by atoms with Crippen molar-refractivity contribution in [3.05, 3.63) is 59.7 Å². The summed E-state index contributed by atoms with van der Waals surface area (Å²) in [6.45, 7) is 2.27. The predicted octanol–water partition coefficient (Wildman–Crippen LogP) is 4.92. The summed E-state index contributed by atoms with van der Waals surface area (Å²) >= 11 is 0. The number of hydrogen-bond donors (Lipinski definition) is 0. The van der Waals surface area contributed by atoms with E-state index in [9.17, 15) is 0 Å². The molecule has 0 N–H and O–H groups in total. The van der Waals surface area contributed by atoms with Crippen molar-refractivity contribution in [2.24, 2.45) is 5.92 Å². The molecule has 0 radical (unpaired) electrons. The molecule has 0 nitrogen and oxygen atoms in total. The fourth-order valence-electron chi connectivity index (χ4n) is 2.48. The van der Waals surface area contributed by atoms with Crippen LogP contribution < -0.4 is 0 Å². The Balaban J connectivity index is 2.00. The van der Waals surface area contributed by atoms with Gasteiger partial charge in [0.1, 0.15) is 0 Å². The van der Waals surface area contributed by atoms with Gasteiger partial charge >= 0.3 is 0 Å². The number of allylic oxidation sites excluding steroid dienone is 4. The lowest BCUT2D eigenvalue weighted by atomic mass is 9.85. The molecule has 1 aliphatic carbocycles. The van der Waals surface area contributed by atoms with Gasteiger partial charge in [-0.05, 0) is 30.7 Å². The van der Waals surface area contributed by atoms with Crippen LogP contribution in [0.1, 0.15) is 38.2 Å². The molecule has 0 fully saturated rings. The van der Waals surface area contributed by atoms with Gasteiger partial charge in [-0.25, -0.2) is 0 Å². The fraction of sp³-hybridized carbons (Fsp3) is 0.412. The van der Waals surface area contributed by atoms with Crippen LogP contribution in [0.5, 0.6) is 0 Å². The van der Waals surface area contributed by atoms with Gasteiger partial charge in [-0.1, -0.05) is 73.9 Å². The zero-order valence-corrected chi connectivity index (χ0v) is 10.7. The average Bonchev–Trinajstić information content (AvgIpc) is 2.39. The van der Waals surface area contributed by atoms with Crippen LogP contribution in [0.25, 0.3) is 0 Å². The molecular formula is C17H22. The molecule has 0 aliphatic heterocycles. The molecule has 0 aromatic heterocycles. The summed E-state index contributed by atoms with van der Waals surface area (Å²) in [5.41, 5.74) is 3.06. The lowest BCUT2D eigenvalue weighted by molar-refractivity contribution is 0.600. The highest BCUT2D eigenvalue weighted by Crippen LogP contribution is 2.27. The minimum absolute atomic E-state index is 0.684. The molecule has 0 bridgehead atoms. The second-order valence-corrected chi connectivity index (χ2v) is 4.85. The van der Waals surface area contributed by atoms with Crippen molar-refractivity contribution in [3.63, 3.8) is 0 Å². The van der Waals surface area contributed by atoms with E-state index in [0.29, 0.717) is 5.92 Å². The van der Waals surface area contributed by atoms with Crippen LogP contribution in [0.2, 0.25) is 0 Å². The van der Waals surface area contributed by atoms with E-state index in [1.165, 1.54) is 24.8 Å². The number of rotatable bonds is 5. The topological polar surface area (TPSA) is 0 Å². The van der Waals surface area contributed by atoms with E-state index in [2.05, 4.69) is 55.5 Å². The Morgan fingerprint density at radius 1 is 1.18 bits per heavy atom. The standard InChI is InChI=1S/C17H22/c1-2-3-11-16-12-7-8-13-17(16)14-15-9-5-4-6-10-15/h4-7,9-10,12-13,16H,2-3,8,11,14H2,1H3. The molecule has 17 heavy (non-hydrogen) atoms. The summed E-state index contributed by atoms with van der Waals surface area (Å²) in [7, 11) is 0. The molecule has 0 saturated carbocycles. The zero-order chi connectivity index (χ0) is 11.9. The largest absolute Gasteiger partial charge is 0.0841 e. The Morgan fingerprint density at radius 3 is 2.76 bits per heavy atom. The van der Waals surface area contributed by atoms with Crippen molar-refractivity contribution < 1.29 is 0 Å². The quantitative estimate of drug-likeness (QED) is 0.625. The number of benzene rings is 1. The van der Waals surface area contributed by atoms with E-state index in [1.807, 2.05) is 0 Å². The molecule has 0 amide bonds. The third kappa shape index (κ3) is 3.59. The molecular weight excluding hydrogens is 204 g/mol. The molecule has 0 spiro atoms. The van der Waals surface area contributed by atoms with E-state index in [0.717, 1.165) is 12.8 Å². The summed E-state index contributed by atoms with van der Waals surface area (Å²) in [4.78, 5) is 0. The molecule has 0 heterocycles. The Kier molecular flexibility index (Phi) is 4.61. The molecule has 2 rings (SSSR count). The first kappa shape index (κ1) is 12.2. The maximum atomic E-state index is 2.42. The van der Waals surface area contributed by atoms with E-state index in [4.69, 9.17) is 0 Å². The van der Waals surface area contributed by atoms with E-state index in [1.54, 1.807) is 5.57 Å². The smallest absolute Gasteiger partial charge is 0.00197 e. The van der Waals surface area contributed by atoms with Crippen molar-refractivity contribution >= 4 is 0 Å². The maximum Gasteiger partial charge on any atom is -0.00197 e. The highest BCUT2D eigenvalue weighted by molar-refractivity contribution is 5.27. The van der Waals surface area contributed by atoms with Gasteiger partial charge in [-0.2, -0.15) is 0 Å². The third-order valence-electron chi connectivity index (χ3n) is 3.48. The Hall–Kier alpha value is -1.30. The second-order valence-electron chi connectivity index (χ2n) is 4.85. The molecule has 0 saturated heterocycles. The maximum absolute atomic E-state index is 2.42. The molecule has 1 aromatic carbocycles. The SMILES string of the molecule is CCCCC1C=CCC=C1Cc1ccccc1. The van der Waals surface area contributed by atoms with Crippen LogP contribution in [0.4, 0.5) is 0 Å². The first-order valence-electron chi connectivity index (χ1n) is 6.79. The van der Waals surface area contributed by atoms with Crippen molar-refractivity contribution in [1.29, 1.82) is 0 Å². The monoisotopic (exact) mass is 226 g/mol. The summed E-state index contributed by atoms with van der Waals surface area (Å²) in [6.07, 6.45) is 13.3. The van der Waals surface area contributed by atoms with Gasteiger partial charge < -0.3 is 0 Å². The molecule has 90 valence electrons. The van der Waals surface area contributed by atoms with Crippen molar-refractivity contribution in [2.75, 3.05) is 0 Å². The molecule has 0 heteroatoms. The Morgan fingerprint density at radius 2 is 2.00 bits per heavy atom. The number of hydrogen-bond acceptors (Lipinski definition) is 0. The normalized spacial score (nSPS) is 19.1. The van der Waals surface area contributed by atoms with Crippen LogP contribution >= 0.6 is 0 Å². The van der Waals surface area contributed by atoms with Crippen molar-refractivity contribution in [1.82, 2.24) is 0 Å². The summed E-state index contributed by atoms with van der Waals surface area (Å²) < 4.78 is 0. The van der Waals surface area contributed by atoms with Gasteiger partial charge in [0.05, 0.1) is 0 Å². The van der Waals surface area contributed by atoms with Gasteiger partial charge in [0.15, 0.2) is 0 Å². The zero-order valence-electron chi connectivity index (χ0n) is 10.7. The first-order chi connectivity index (χ1) is 8.40. The summed E-state index contributed by atoms with van der Waals surface area (Å²) in [6, 6.07) is 10.8. The highest BCUT2D eigenvalue weighted by atomic mass is 14.2.